The molecule has 0 spiro atoms. The van der Waals surface area contributed by atoms with Gasteiger partial charge in [-0.3, -0.25) is 0 Å². The molecule has 0 aliphatic heterocycles. The summed E-state index contributed by atoms with van der Waals surface area (Å²) in [6.45, 7) is 11.0. The lowest BCUT2D eigenvalue weighted by atomic mass is 9.79. The van der Waals surface area contributed by atoms with Crippen molar-refractivity contribution < 1.29 is 0 Å². The van der Waals surface area contributed by atoms with Crippen LogP contribution >= 0.6 is 23.5 Å². The molecular formula is C17H26ClNS. The monoisotopic (exact) mass is 311 g/mol. The Morgan fingerprint density at radius 1 is 1.15 bits per heavy atom. The van der Waals surface area contributed by atoms with Crippen LogP contribution in [0.1, 0.15) is 59.4 Å². The first kappa shape index (κ1) is 17.6. The maximum atomic E-state index is 5.99. The maximum absolute atomic E-state index is 5.99. The quantitative estimate of drug-likeness (QED) is 0.443. The molecule has 0 aliphatic carbocycles. The molecule has 0 amide bonds. The van der Waals surface area contributed by atoms with Crippen molar-refractivity contribution in [1.82, 2.24) is 0 Å². The Hall–Kier alpha value is -0.470. The van der Waals surface area contributed by atoms with Gasteiger partial charge in [0.1, 0.15) is 0 Å². The van der Waals surface area contributed by atoms with E-state index in [4.69, 9.17) is 11.6 Å². The summed E-state index contributed by atoms with van der Waals surface area (Å²) in [6, 6.07) is 8.16. The van der Waals surface area contributed by atoms with Crippen LogP contribution in [0.15, 0.2) is 28.7 Å². The van der Waals surface area contributed by atoms with E-state index in [1.165, 1.54) is 18.4 Å². The largest absolute Gasteiger partial charge is 0.228 e. The van der Waals surface area contributed by atoms with Crippen molar-refractivity contribution in [3.8, 4) is 0 Å². The molecule has 0 radical (unpaired) electrons. The normalized spacial score (nSPS) is 15.5. The molecule has 0 saturated carbocycles. The molecule has 0 saturated heterocycles. The zero-order valence-electron chi connectivity index (χ0n) is 13.2. The number of hydrogen-bond acceptors (Lipinski definition) is 2. The highest BCUT2D eigenvalue weighted by Crippen LogP contribution is 2.31. The smallest absolute Gasteiger partial charge is 0.0406 e. The maximum Gasteiger partial charge on any atom is 0.0406 e. The minimum atomic E-state index is -0.0150. The van der Waals surface area contributed by atoms with Gasteiger partial charge in [-0.15, -0.1) is 0 Å². The van der Waals surface area contributed by atoms with E-state index >= 15 is 0 Å². The lowest BCUT2D eigenvalue weighted by molar-refractivity contribution is 0.551. The van der Waals surface area contributed by atoms with Crippen molar-refractivity contribution in [2.45, 2.75) is 64.0 Å². The van der Waals surface area contributed by atoms with Gasteiger partial charge in [-0.25, -0.2) is 4.40 Å². The van der Waals surface area contributed by atoms with E-state index in [0.29, 0.717) is 0 Å². The van der Waals surface area contributed by atoms with Crippen molar-refractivity contribution in [2.75, 3.05) is 0 Å². The van der Waals surface area contributed by atoms with Gasteiger partial charge in [-0.05, 0) is 56.8 Å². The Morgan fingerprint density at radius 3 is 2.25 bits per heavy atom. The van der Waals surface area contributed by atoms with Gasteiger partial charge in [0.25, 0.3) is 0 Å². The average Bonchev–Trinajstić information content (AvgIpc) is 2.35. The Morgan fingerprint density at radius 2 is 1.75 bits per heavy atom. The molecule has 0 bridgehead atoms. The van der Waals surface area contributed by atoms with Crippen LogP contribution in [0.3, 0.4) is 0 Å². The zero-order chi connectivity index (χ0) is 15.2. The number of rotatable bonds is 6. The van der Waals surface area contributed by atoms with E-state index in [2.05, 4.69) is 57.4 Å². The molecule has 3 heteroatoms. The molecule has 1 rings (SSSR count). The van der Waals surface area contributed by atoms with Crippen molar-refractivity contribution >= 4 is 29.8 Å². The van der Waals surface area contributed by atoms with Gasteiger partial charge >= 0.3 is 0 Å². The molecule has 112 valence electrons. The van der Waals surface area contributed by atoms with Gasteiger partial charge in [0, 0.05) is 21.4 Å². The summed E-state index contributed by atoms with van der Waals surface area (Å²) in [5, 5.41) is 0.785. The van der Waals surface area contributed by atoms with Crippen molar-refractivity contribution in [3.05, 3.63) is 34.9 Å². The van der Waals surface area contributed by atoms with Gasteiger partial charge in [0.15, 0.2) is 0 Å². The molecule has 0 N–H and O–H groups in total. The summed E-state index contributed by atoms with van der Waals surface area (Å²) < 4.78 is 4.78. The molecule has 1 unspecified atom stereocenters. The number of halogens is 1. The molecule has 1 aromatic rings. The van der Waals surface area contributed by atoms with Crippen LogP contribution in [0.25, 0.3) is 0 Å². The lowest BCUT2D eigenvalue weighted by Crippen LogP contribution is -2.24. The summed E-state index contributed by atoms with van der Waals surface area (Å²) >= 11 is 7.63. The zero-order valence-corrected chi connectivity index (χ0v) is 14.8. The molecular weight excluding hydrogens is 286 g/mol. The highest BCUT2D eigenvalue weighted by atomic mass is 35.5. The fourth-order valence-electron chi connectivity index (χ4n) is 1.96. The fraction of sp³-hybridized carbons (Fsp3) is 0.588. The number of hydrogen-bond donors (Lipinski definition) is 0. The molecule has 1 aromatic carbocycles. The van der Waals surface area contributed by atoms with E-state index in [1.807, 2.05) is 12.1 Å². The standard InChI is InChI=1S/C17H26ClNS/c1-6-7-12-17(5,13-19-20-16(2,3)4)14-8-10-15(18)11-9-14/h8-11,13H,6-7,12H2,1-5H3/b19-13+. The first-order valence-electron chi connectivity index (χ1n) is 7.25. The molecule has 0 fully saturated rings. The molecule has 0 heterocycles. The number of nitrogens with zero attached hydrogens (tertiary/aromatic N) is 1. The average molecular weight is 312 g/mol. The lowest BCUT2D eigenvalue weighted by Gasteiger charge is -2.26. The van der Waals surface area contributed by atoms with Crippen LogP contribution < -0.4 is 0 Å². The molecule has 1 nitrogen and oxygen atoms in total. The summed E-state index contributed by atoms with van der Waals surface area (Å²) in [4.78, 5) is 0. The third kappa shape index (κ3) is 5.88. The summed E-state index contributed by atoms with van der Waals surface area (Å²) in [5.74, 6) is 0. The van der Waals surface area contributed by atoms with E-state index < -0.39 is 0 Å². The Balaban J connectivity index is 2.93. The second-order valence-electron chi connectivity index (χ2n) is 6.47. The van der Waals surface area contributed by atoms with Crippen molar-refractivity contribution in [3.63, 3.8) is 0 Å². The molecule has 0 aromatic heterocycles. The van der Waals surface area contributed by atoms with Crippen LogP contribution in [0.2, 0.25) is 5.02 Å². The first-order chi connectivity index (χ1) is 9.27. The Labute approximate surface area is 133 Å². The molecule has 20 heavy (non-hydrogen) atoms. The summed E-state index contributed by atoms with van der Waals surface area (Å²) in [5.41, 5.74) is 1.27. The van der Waals surface area contributed by atoms with Crippen LogP contribution in [-0.4, -0.2) is 11.0 Å². The first-order valence-corrected chi connectivity index (χ1v) is 8.41. The Kier molecular flexibility index (Phi) is 6.60. The van der Waals surface area contributed by atoms with E-state index in [-0.39, 0.29) is 10.2 Å². The topological polar surface area (TPSA) is 12.4 Å². The van der Waals surface area contributed by atoms with Gasteiger partial charge in [0.2, 0.25) is 0 Å². The number of unbranched alkanes of at least 4 members (excludes halogenated alkanes) is 1. The van der Waals surface area contributed by atoms with E-state index in [1.54, 1.807) is 11.9 Å². The van der Waals surface area contributed by atoms with Crippen LogP contribution in [0.4, 0.5) is 0 Å². The highest BCUT2D eigenvalue weighted by Gasteiger charge is 2.24. The van der Waals surface area contributed by atoms with Crippen LogP contribution in [0.5, 0.6) is 0 Å². The van der Waals surface area contributed by atoms with Crippen LogP contribution in [-0.2, 0) is 5.41 Å². The van der Waals surface area contributed by atoms with Gasteiger partial charge in [-0.2, -0.15) is 0 Å². The summed E-state index contributed by atoms with van der Waals surface area (Å²) in [7, 11) is 0. The second-order valence-corrected chi connectivity index (χ2v) is 8.52. The Bertz CT molecular complexity index is 433. The fourth-order valence-corrected chi connectivity index (χ4v) is 2.69. The summed E-state index contributed by atoms with van der Waals surface area (Å²) in [6.07, 6.45) is 5.62. The van der Waals surface area contributed by atoms with Crippen molar-refractivity contribution in [2.24, 2.45) is 4.40 Å². The third-order valence-electron chi connectivity index (χ3n) is 3.22. The van der Waals surface area contributed by atoms with Gasteiger partial charge in [-0.1, -0.05) is 50.4 Å². The minimum absolute atomic E-state index is 0.0150. The number of benzene rings is 1. The van der Waals surface area contributed by atoms with E-state index in [0.717, 1.165) is 11.4 Å². The van der Waals surface area contributed by atoms with Crippen molar-refractivity contribution in [1.29, 1.82) is 0 Å². The molecule has 0 aliphatic rings. The van der Waals surface area contributed by atoms with E-state index in [9.17, 15) is 0 Å². The molecule has 1 atom stereocenters. The third-order valence-corrected chi connectivity index (χ3v) is 4.23. The minimum Gasteiger partial charge on any atom is -0.228 e. The van der Waals surface area contributed by atoms with Gasteiger partial charge < -0.3 is 0 Å². The predicted octanol–water partition coefficient (Wildman–Crippen LogP) is 6.31. The predicted molar refractivity (Wildman–Crippen MR) is 94.2 cm³/mol. The second kappa shape index (κ2) is 7.51. The van der Waals surface area contributed by atoms with Gasteiger partial charge in [0.05, 0.1) is 0 Å². The highest BCUT2D eigenvalue weighted by molar-refractivity contribution is 7.99. The van der Waals surface area contributed by atoms with Crippen LogP contribution in [0, 0.1) is 0 Å². The SMILES string of the molecule is CCCCC(C)(/C=N/SC(C)(C)C)c1ccc(Cl)cc1.